The van der Waals surface area contributed by atoms with E-state index in [0.717, 1.165) is 25.0 Å². The van der Waals surface area contributed by atoms with Crippen LogP contribution >= 0.6 is 0 Å². The monoisotopic (exact) mass is 222 g/mol. The molecule has 1 fully saturated rings. The zero-order valence-electron chi connectivity index (χ0n) is 10.1. The van der Waals surface area contributed by atoms with E-state index in [9.17, 15) is 5.11 Å². The first-order valence-electron chi connectivity index (χ1n) is 6.51. The first-order valence-corrected chi connectivity index (χ1v) is 6.51. The van der Waals surface area contributed by atoms with E-state index in [0.29, 0.717) is 6.04 Å². The Morgan fingerprint density at radius 2 is 2.25 bits per heavy atom. The summed E-state index contributed by atoms with van der Waals surface area (Å²) >= 11 is 0. The zero-order chi connectivity index (χ0) is 11.4. The molecular weight excluding hydrogens is 200 g/mol. The maximum absolute atomic E-state index is 9.50. The van der Waals surface area contributed by atoms with Gasteiger partial charge in [-0.3, -0.25) is 4.68 Å². The van der Waals surface area contributed by atoms with Crippen LogP contribution in [0.1, 0.15) is 57.2 Å². The van der Waals surface area contributed by atoms with E-state index < -0.39 is 0 Å². The highest BCUT2D eigenvalue weighted by Gasteiger charge is 2.17. The van der Waals surface area contributed by atoms with Crippen molar-refractivity contribution >= 4 is 0 Å². The van der Waals surface area contributed by atoms with Crippen LogP contribution in [0.4, 0.5) is 0 Å². The molecule has 1 N–H and O–H groups in total. The molecule has 90 valence electrons. The number of hydrogen-bond acceptors (Lipinski definition) is 2. The predicted molar refractivity (Wildman–Crippen MR) is 64.4 cm³/mol. The van der Waals surface area contributed by atoms with E-state index in [-0.39, 0.29) is 6.10 Å². The van der Waals surface area contributed by atoms with Crippen molar-refractivity contribution in [2.24, 2.45) is 0 Å². The summed E-state index contributed by atoms with van der Waals surface area (Å²) in [4.78, 5) is 0. The molecule has 1 saturated carbocycles. The Bertz CT molecular complexity index is 315. The number of aliphatic hydroxyl groups excluding tert-OH is 1. The van der Waals surface area contributed by atoms with Gasteiger partial charge in [-0.25, -0.2) is 0 Å². The molecular formula is C13H22N2O. The third-order valence-corrected chi connectivity index (χ3v) is 3.57. The highest BCUT2D eigenvalue weighted by atomic mass is 16.3. The van der Waals surface area contributed by atoms with Gasteiger partial charge in [0.15, 0.2) is 0 Å². The largest absolute Gasteiger partial charge is 0.393 e. The van der Waals surface area contributed by atoms with E-state index in [1.807, 2.05) is 6.92 Å². The van der Waals surface area contributed by atoms with E-state index in [4.69, 9.17) is 0 Å². The number of aryl methyl sites for hydroxylation is 1. The molecule has 1 aromatic heterocycles. The minimum absolute atomic E-state index is 0.170. The minimum atomic E-state index is -0.170. The van der Waals surface area contributed by atoms with Crippen molar-refractivity contribution < 1.29 is 5.11 Å². The minimum Gasteiger partial charge on any atom is -0.393 e. The number of aromatic nitrogens is 2. The van der Waals surface area contributed by atoms with Gasteiger partial charge in [-0.05, 0) is 38.2 Å². The maximum atomic E-state index is 9.50. The fraction of sp³-hybridized carbons (Fsp3) is 0.769. The van der Waals surface area contributed by atoms with Crippen molar-refractivity contribution in [2.45, 2.75) is 64.0 Å². The van der Waals surface area contributed by atoms with Crippen molar-refractivity contribution in [3.05, 3.63) is 18.0 Å². The molecule has 16 heavy (non-hydrogen) atoms. The summed E-state index contributed by atoms with van der Waals surface area (Å²) in [5.74, 6) is 0. The lowest BCUT2D eigenvalue weighted by Gasteiger charge is -2.09. The van der Waals surface area contributed by atoms with Crippen LogP contribution in [0.2, 0.25) is 0 Å². The quantitative estimate of drug-likeness (QED) is 0.831. The Morgan fingerprint density at radius 3 is 2.94 bits per heavy atom. The maximum Gasteiger partial charge on any atom is 0.0625 e. The molecule has 0 spiro atoms. The Labute approximate surface area is 97.5 Å². The van der Waals surface area contributed by atoms with Crippen LogP contribution in [0.25, 0.3) is 0 Å². The first-order chi connectivity index (χ1) is 7.79. The molecule has 2 rings (SSSR count). The van der Waals surface area contributed by atoms with E-state index in [1.54, 1.807) is 0 Å². The standard InChI is InChI=1S/C13H22N2O/c1-2-13(16)8-7-11-9-10-15(14-11)12-5-3-4-6-12/h9-10,12-13,16H,2-8H2,1H3. The van der Waals surface area contributed by atoms with Crippen LogP contribution in [0.5, 0.6) is 0 Å². The summed E-state index contributed by atoms with van der Waals surface area (Å²) in [7, 11) is 0. The second-order valence-electron chi connectivity index (χ2n) is 4.83. The van der Waals surface area contributed by atoms with Crippen LogP contribution in [-0.2, 0) is 6.42 Å². The fourth-order valence-electron chi connectivity index (χ4n) is 2.40. The van der Waals surface area contributed by atoms with Crippen LogP contribution in [-0.4, -0.2) is 21.0 Å². The Hall–Kier alpha value is -0.830. The van der Waals surface area contributed by atoms with Crippen LogP contribution < -0.4 is 0 Å². The molecule has 1 heterocycles. The lowest BCUT2D eigenvalue weighted by molar-refractivity contribution is 0.160. The Morgan fingerprint density at radius 1 is 1.50 bits per heavy atom. The van der Waals surface area contributed by atoms with Crippen LogP contribution in [0, 0.1) is 0 Å². The average molecular weight is 222 g/mol. The summed E-state index contributed by atoms with van der Waals surface area (Å²) in [5, 5.41) is 14.1. The molecule has 0 amide bonds. The lowest BCUT2D eigenvalue weighted by Crippen LogP contribution is -2.08. The van der Waals surface area contributed by atoms with Gasteiger partial charge in [0.2, 0.25) is 0 Å². The van der Waals surface area contributed by atoms with Gasteiger partial charge in [0.05, 0.1) is 17.8 Å². The number of aliphatic hydroxyl groups is 1. The molecule has 1 aliphatic rings. The van der Waals surface area contributed by atoms with Gasteiger partial charge in [0, 0.05) is 6.20 Å². The number of hydrogen-bond donors (Lipinski definition) is 1. The third-order valence-electron chi connectivity index (χ3n) is 3.57. The summed E-state index contributed by atoms with van der Waals surface area (Å²) in [6, 6.07) is 2.73. The molecule has 1 atom stereocenters. The molecule has 0 aromatic carbocycles. The second kappa shape index (κ2) is 5.48. The Kier molecular flexibility index (Phi) is 3.99. The van der Waals surface area contributed by atoms with Crippen molar-refractivity contribution in [1.29, 1.82) is 0 Å². The van der Waals surface area contributed by atoms with Gasteiger partial charge in [-0.1, -0.05) is 19.8 Å². The molecule has 1 aromatic rings. The van der Waals surface area contributed by atoms with Gasteiger partial charge in [-0.15, -0.1) is 0 Å². The summed E-state index contributed by atoms with van der Waals surface area (Å²) in [6.45, 7) is 2.02. The highest BCUT2D eigenvalue weighted by molar-refractivity contribution is 5.00. The third kappa shape index (κ3) is 2.85. The topological polar surface area (TPSA) is 38.0 Å². The summed E-state index contributed by atoms with van der Waals surface area (Å²) in [6.07, 6.45) is 9.73. The van der Waals surface area contributed by atoms with Gasteiger partial charge >= 0.3 is 0 Å². The van der Waals surface area contributed by atoms with E-state index >= 15 is 0 Å². The fourth-order valence-corrected chi connectivity index (χ4v) is 2.40. The van der Waals surface area contributed by atoms with Gasteiger partial charge < -0.3 is 5.11 Å². The van der Waals surface area contributed by atoms with Gasteiger partial charge in [0.25, 0.3) is 0 Å². The van der Waals surface area contributed by atoms with Crippen molar-refractivity contribution in [3.63, 3.8) is 0 Å². The molecule has 0 aliphatic heterocycles. The lowest BCUT2D eigenvalue weighted by atomic mass is 10.1. The second-order valence-corrected chi connectivity index (χ2v) is 4.83. The molecule has 3 heteroatoms. The summed E-state index contributed by atoms with van der Waals surface area (Å²) in [5.41, 5.74) is 1.12. The molecule has 1 unspecified atom stereocenters. The number of rotatable bonds is 5. The SMILES string of the molecule is CCC(O)CCc1ccn(C2CCCC2)n1. The van der Waals surface area contributed by atoms with Gasteiger partial charge in [-0.2, -0.15) is 5.10 Å². The van der Waals surface area contributed by atoms with Gasteiger partial charge in [0.1, 0.15) is 0 Å². The normalized spacial score (nSPS) is 19.1. The molecule has 0 saturated heterocycles. The smallest absolute Gasteiger partial charge is 0.0625 e. The summed E-state index contributed by atoms with van der Waals surface area (Å²) < 4.78 is 2.13. The highest BCUT2D eigenvalue weighted by Crippen LogP contribution is 2.28. The molecule has 0 bridgehead atoms. The average Bonchev–Trinajstić information content (AvgIpc) is 2.95. The number of nitrogens with zero attached hydrogens (tertiary/aromatic N) is 2. The molecule has 0 radical (unpaired) electrons. The molecule has 3 nitrogen and oxygen atoms in total. The van der Waals surface area contributed by atoms with E-state index in [1.165, 1.54) is 25.7 Å². The Balaban J connectivity index is 1.86. The zero-order valence-corrected chi connectivity index (χ0v) is 10.1. The van der Waals surface area contributed by atoms with Crippen LogP contribution in [0.15, 0.2) is 12.3 Å². The van der Waals surface area contributed by atoms with Crippen LogP contribution in [0.3, 0.4) is 0 Å². The molecule has 1 aliphatic carbocycles. The predicted octanol–water partition coefficient (Wildman–Crippen LogP) is 2.70. The van der Waals surface area contributed by atoms with Crippen molar-refractivity contribution in [3.8, 4) is 0 Å². The first kappa shape index (κ1) is 11.6. The van der Waals surface area contributed by atoms with Crippen molar-refractivity contribution in [1.82, 2.24) is 9.78 Å². The van der Waals surface area contributed by atoms with Crippen molar-refractivity contribution in [2.75, 3.05) is 0 Å². The van der Waals surface area contributed by atoms with E-state index in [2.05, 4.69) is 22.0 Å².